The van der Waals surface area contributed by atoms with Gasteiger partial charge >= 0.3 is 0 Å². The molecule has 0 saturated carbocycles. The van der Waals surface area contributed by atoms with Crippen molar-refractivity contribution in [3.8, 4) is 11.1 Å². The van der Waals surface area contributed by atoms with E-state index in [4.69, 9.17) is 39.9 Å². The molecule has 0 aliphatic rings. The van der Waals surface area contributed by atoms with Gasteiger partial charge in [-0.1, -0.05) is 34.8 Å². The SMILES string of the molecule is OCc1cncc(-c2cc(Cl)c(Cl)c(Cl)c2)c1. The van der Waals surface area contributed by atoms with Crippen LogP contribution in [0.4, 0.5) is 0 Å². The molecule has 2 aromatic rings. The van der Waals surface area contributed by atoms with Crippen molar-refractivity contribution in [2.24, 2.45) is 0 Å². The van der Waals surface area contributed by atoms with Gasteiger partial charge in [0, 0.05) is 18.0 Å². The van der Waals surface area contributed by atoms with Crippen LogP contribution in [0.5, 0.6) is 0 Å². The highest BCUT2D eigenvalue weighted by molar-refractivity contribution is 6.48. The smallest absolute Gasteiger partial charge is 0.0778 e. The number of aliphatic hydroxyl groups is 1. The Morgan fingerprint density at radius 2 is 1.59 bits per heavy atom. The number of aliphatic hydroxyl groups excluding tert-OH is 1. The zero-order valence-electron chi connectivity index (χ0n) is 8.62. The molecule has 0 unspecified atom stereocenters. The predicted octanol–water partition coefficient (Wildman–Crippen LogP) is 4.20. The van der Waals surface area contributed by atoms with Crippen LogP contribution in [0.3, 0.4) is 0 Å². The van der Waals surface area contributed by atoms with E-state index in [9.17, 15) is 0 Å². The fourth-order valence-electron chi connectivity index (χ4n) is 1.45. The predicted molar refractivity (Wildman–Crippen MR) is 70.6 cm³/mol. The summed E-state index contributed by atoms with van der Waals surface area (Å²) in [5, 5.41) is 10.2. The van der Waals surface area contributed by atoms with Crippen LogP contribution in [-0.4, -0.2) is 10.1 Å². The second kappa shape index (κ2) is 5.23. The monoisotopic (exact) mass is 287 g/mol. The third-order valence-corrected chi connectivity index (χ3v) is 3.49. The third kappa shape index (κ3) is 2.72. The maximum absolute atomic E-state index is 9.05. The molecule has 1 heterocycles. The average molecular weight is 289 g/mol. The minimum absolute atomic E-state index is 0.0596. The van der Waals surface area contributed by atoms with Gasteiger partial charge in [-0.25, -0.2) is 0 Å². The molecule has 0 amide bonds. The van der Waals surface area contributed by atoms with E-state index in [0.29, 0.717) is 15.1 Å². The van der Waals surface area contributed by atoms with Crippen LogP contribution in [0, 0.1) is 0 Å². The Morgan fingerprint density at radius 1 is 0.941 bits per heavy atom. The van der Waals surface area contributed by atoms with Crippen LogP contribution in [-0.2, 0) is 6.61 Å². The highest BCUT2D eigenvalue weighted by atomic mass is 35.5. The highest BCUT2D eigenvalue weighted by Gasteiger charge is 2.08. The Kier molecular flexibility index (Phi) is 3.89. The molecule has 1 N–H and O–H groups in total. The van der Waals surface area contributed by atoms with Gasteiger partial charge in [0.05, 0.1) is 21.7 Å². The lowest BCUT2D eigenvalue weighted by atomic mass is 10.1. The largest absolute Gasteiger partial charge is 0.392 e. The standard InChI is InChI=1S/C12H8Cl3NO/c13-10-2-8(3-11(14)12(10)15)9-1-7(6-17)4-16-5-9/h1-5,17H,6H2. The number of nitrogens with zero attached hydrogens (tertiary/aromatic N) is 1. The first-order valence-corrected chi connectivity index (χ1v) is 5.95. The molecular formula is C12H8Cl3NO. The van der Waals surface area contributed by atoms with Crippen LogP contribution in [0.25, 0.3) is 11.1 Å². The molecule has 0 aliphatic heterocycles. The second-order valence-electron chi connectivity index (χ2n) is 3.49. The number of aromatic nitrogens is 1. The number of hydrogen-bond acceptors (Lipinski definition) is 2. The molecule has 0 spiro atoms. The third-order valence-electron chi connectivity index (χ3n) is 2.29. The minimum Gasteiger partial charge on any atom is -0.392 e. The van der Waals surface area contributed by atoms with E-state index in [1.807, 2.05) is 6.07 Å². The molecule has 0 fully saturated rings. The van der Waals surface area contributed by atoms with E-state index in [2.05, 4.69) is 4.98 Å². The van der Waals surface area contributed by atoms with Crippen LogP contribution in [0.1, 0.15) is 5.56 Å². The summed E-state index contributed by atoms with van der Waals surface area (Å²) in [6.07, 6.45) is 3.28. The summed E-state index contributed by atoms with van der Waals surface area (Å²) in [5.74, 6) is 0. The summed E-state index contributed by atoms with van der Waals surface area (Å²) in [4.78, 5) is 4.03. The summed E-state index contributed by atoms with van der Waals surface area (Å²) in [6.45, 7) is -0.0596. The number of rotatable bonds is 2. The fraction of sp³-hybridized carbons (Fsp3) is 0.0833. The molecule has 17 heavy (non-hydrogen) atoms. The first-order chi connectivity index (χ1) is 8.11. The van der Waals surface area contributed by atoms with Crippen molar-refractivity contribution in [1.29, 1.82) is 0 Å². The van der Waals surface area contributed by atoms with Crippen LogP contribution < -0.4 is 0 Å². The van der Waals surface area contributed by atoms with E-state index >= 15 is 0 Å². The van der Waals surface area contributed by atoms with Gasteiger partial charge in [0.1, 0.15) is 0 Å². The van der Waals surface area contributed by atoms with Crippen LogP contribution in [0.2, 0.25) is 15.1 Å². The Balaban J connectivity index is 2.52. The molecule has 88 valence electrons. The maximum atomic E-state index is 9.05. The lowest BCUT2D eigenvalue weighted by Crippen LogP contribution is -1.87. The van der Waals surface area contributed by atoms with Gasteiger partial charge in [-0.3, -0.25) is 4.98 Å². The minimum atomic E-state index is -0.0596. The lowest BCUT2D eigenvalue weighted by molar-refractivity contribution is 0.281. The van der Waals surface area contributed by atoms with Crippen molar-refractivity contribution < 1.29 is 5.11 Å². The lowest BCUT2D eigenvalue weighted by Gasteiger charge is -2.06. The molecule has 0 atom stereocenters. The van der Waals surface area contributed by atoms with Gasteiger partial charge in [0.2, 0.25) is 0 Å². The van der Waals surface area contributed by atoms with Gasteiger partial charge in [0.25, 0.3) is 0 Å². The van der Waals surface area contributed by atoms with Gasteiger partial charge in [-0.05, 0) is 29.3 Å². The highest BCUT2D eigenvalue weighted by Crippen LogP contribution is 2.34. The quantitative estimate of drug-likeness (QED) is 0.840. The number of halogens is 3. The number of benzene rings is 1. The number of hydrogen-bond donors (Lipinski definition) is 1. The molecule has 5 heteroatoms. The Bertz CT molecular complexity index is 534. The Labute approximate surface area is 114 Å². The summed E-state index contributed by atoms with van der Waals surface area (Å²) >= 11 is 17.8. The summed E-state index contributed by atoms with van der Waals surface area (Å²) in [7, 11) is 0. The van der Waals surface area contributed by atoms with Crippen LogP contribution >= 0.6 is 34.8 Å². The van der Waals surface area contributed by atoms with E-state index < -0.39 is 0 Å². The van der Waals surface area contributed by atoms with Crippen LogP contribution in [0.15, 0.2) is 30.6 Å². The molecule has 0 radical (unpaired) electrons. The molecular weight excluding hydrogens is 280 g/mol. The van der Waals surface area contributed by atoms with Crippen molar-refractivity contribution in [1.82, 2.24) is 4.98 Å². The van der Waals surface area contributed by atoms with Crippen molar-refractivity contribution in [3.05, 3.63) is 51.2 Å². The van der Waals surface area contributed by atoms with Gasteiger partial charge < -0.3 is 5.11 Å². The second-order valence-corrected chi connectivity index (χ2v) is 4.69. The molecule has 2 rings (SSSR count). The fourth-order valence-corrected chi connectivity index (χ4v) is 2.05. The Morgan fingerprint density at radius 3 is 2.18 bits per heavy atom. The molecule has 1 aromatic carbocycles. The van der Waals surface area contributed by atoms with Crippen molar-refractivity contribution >= 4 is 34.8 Å². The molecule has 2 nitrogen and oxygen atoms in total. The zero-order chi connectivity index (χ0) is 12.4. The normalized spacial score (nSPS) is 10.6. The van der Waals surface area contributed by atoms with Crippen molar-refractivity contribution in [2.75, 3.05) is 0 Å². The summed E-state index contributed by atoms with van der Waals surface area (Å²) in [5.41, 5.74) is 2.37. The van der Waals surface area contributed by atoms with Crippen molar-refractivity contribution in [2.45, 2.75) is 6.61 Å². The summed E-state index contributed by atoms with van der Waals surface area (Å²) < 4.78 is 0. The van der Waals surface area contributed by atoms with Gasteiger partial charge in [0.15, 0.2) is 0 Å². The molecule has 0 bridgehead atoms. The number of pyridine rings is 1. The Hall–Kier alpha value is -0.800. The van der Waals surface area contributed by atoms with E-state index in [-0.39, 0.29) is 6.61 Å². The summed E-state index contributed by atoms with van der Waals surface area (Å²) in [6, 6.07) is 5.25. The first-order valence-electron chi connectivity index (χ1n) is 4.81. The van der Waals surface area contributed by atoms with E-state index in [1.165, 1.54) is 0 Å². The maximum Gasteiger partial charge on any atom is 0.0778 e. The molecule has 0 aliphatic carbocycles. The zero-order valence-corrected chi connectivity index (χ0v) is 10.9. The average Bonchev–Trinajstić information content (AvgIpc) is 2.35. The van der Waals surface area contributed by atoms with Gasteiger partial charge in [-0.2, -0.15) is 0 Å². The first kappa shape index (κ1) is 12.7. The van der Waals surface area contributed by atoms with Gasteiger partial charge in [-0.15, -0.1) is 0 Å². The molecule has 1 aromatic heterocycles. The molecule has 0 saturated heterocycles. The topological polar surface area (TPSA) is 33.1 Å². The van der Waals surface area contributed by atoms with Crippen molar-refractivity contribution in [3.63, 3.8) is 0 Å². The van der Waals surface area contributed by atoms with E-state index in [0.717, 1.165) is 16.7 Å². The van der Waals surface area contributed by atoms with E-state index in [1.54, 1.807) is 24.5 Å².